The maximum Gasteiger partial charge on any atom is 0.258 e. The van der Waals surface area contributed by atoms with Gasteiger partial charge < -0.3 is 20.5 Å². The second-order valence-corrected chi connectivity index (χ2v) is 4.50. The Balaban J connectivity index is 2.29. The van der Waals surface area contributed by atoms with Crippen molar-refractivity contribution in [3.05, 3.63) is 41.2 Å². The largest absolute Gasteiger partial charge is 0.497 e. The fraction of sp³-hybridized carbons (Fsp3) is 0.143. The molecule has 2 aromatic rings. The van der Waals surface area contributed by atoms with E-state index < -0.39 is 5.91 Å². The molecule has 0 atom stereocenters. The molecule has 1 heterocycles. The second kappa shape index (κ2) is 6.32. The highest BCUT2D eigenvalue weighted by molar-refractivity contribution is 6.30. The van der Waals surface area contributed by atoms with Gasteiger partial charge >= 0.3 is 0 Å². The minimum atomic E-state index is -0.403. The van der Waals surface area contributed by atoms with Crippen LogP contribution < -0.4 is 20.5 Å². The Bertz CT molecular complexity index is 677. The smallest absolute Gasteiger partial charge is 0.258 e. The number of hydrogen-bond donors (Lipinski definition) is 2. The zero-order chi connectivity index (χ0) is 15.4. The molecule has 3 N–H and O–H groups in total. The Morgan fingerprint density at radius 1 is 1.29 bits per heavy atom. The third-order valence-electron chi connectivity index (χ3n) is 2.80. The number of ether oxygens (including phenoxy) is 2. The molecule has 0 spiro atoms. The Hall–Kier alpha value is -2.47. The van der Waals surface area contributed by atoms with E-state index in [1.165, 1.54) is 19.4 Å². The molecule has 0 saturated carbocycles. The van der Waals surface area contributed by atoms with Crippen molar-refractivity contribution in [1.82, 2.24) is 4.98 Å². The maximum absolute atomic E-state index is 12.2. The Morgan fingerprint density at radius 3 is 2.71 bits per heavy atom. The van der Waals surface area contributed by atoms with Gasteiger partial charge in [0, 0.05) is 6.07 Å². The lowest BCUT2D eigenvalue weighted by Gasteiger charge is -2.12. The van der Waals surface area contributed by atoms with Gasteiger partial charge in [0.15, 0.2) is 0 Å². The van der Waals surface area contributed by atoms with Gasteiger partial charge in [-0.2, -0.15) is 0 Å². The van der Waals surface area contributed by atoms with E-state index in [2.05, 4.69) is 10.3 Å². The first kappa shape index (κ1) is 14.9. The average molecular weight is 308 g/mol. The summed E-state index contributed by atoms with van der Waals surface area (Å²) in [6.07, 6.45) is 1.34. The fourth-order valence-electron chi connectivity index (χ4n) is 1.73. The molecule has 110 valence electrons. The molecular formula is C14H14ClN3O3. The van der Waals surface area contributed by atoms with E-state index >= 15 is 0 Å². The summed E-state index contributed by atoms with van der Waals surface area (Å²) in [5.74, 6) is 0.693. The molecule has 1 aromatic carbocycles. The Kier molecular flexibility index (Phi) is 4.49. The van der Waals surface area contributed by atoms with Crippen molar-refractivity contribution in [2.24, 2.45) is 0 Å². The van der Waals surface area contributed by atoms with Crippen LogP contribution in [0.1, 0.15) is 10.4 Å². The number of benzene rings is 1. The number of nitrogens with two attached hydrogens (primary N) is 1. The normalized spacial score (nSPS) is 10.0. The number of carbonyl (C=O) groups is 1. The molecule has 21 heavy (non-hydrogen) atoms. The zero-order valence-electron chi connectivity index (χ0n) is 11.5. The number of amides is 1. The SMILES string of the molecule is COc1ccc(NC(=O)c2cc(Cl)ncc2N)c(OC)c1. The molecule has 0 radical (unpaired) electrons. The monoisotopic (exact) mass is 307 g/mol. The first-order chi connectivity index (χ1) is 10.0. The van der Waals surface area contributed by atoms with Crippen molar-refractivity contribution in [3.63, 3.8) is 0 Å². The summed E-state index contributed by atoms with van der Waals surface area (Å²) in [5, 5.41) is 2.90. The number of pyridine rings is 1. The molecule has 0 unspecified atom stereocenters. The minimum Gasteiger partial charge on any atom is -0.497 e. The molecule has 7 heteroatoms. The number of halogens is 1. The fourth-order valence-corrected chi connectivity index (χ4v) is 1.89. The number of anilines is 2. The van der Waals surface area contributed by atoms with Gasteiger partial charge in [-0.1, -0.05) is 11.6 Å². The molecule has 0 saturated heterocycles. The summed E-state index contributed by atoms with van der Waals surface area (Å²) in [4.78, 5) is 16.0. The highest BCUT2D eigenvalue weighted by Gasteiger charge is 2.14. The molecular weight excluding hydrogens is 294 g/mol. The van der Waals surface area contributed by atoms with E-state index in [0.717, 1.165) is 0 Å². The minimum absolute atomic E-state index is 0.191. The number of aromatic nitrogens is 1. The summed E-state index contributed by atoms with van der Waals surface area (Å²) in [6, 6.07) is 6.45. The number of nitrogens with zero attached hydrogens (tertiary/aromatic N) is 1. The molecule has 2 rings (SSSR count). The van der Waals surface area contributed by atoms with Crippen LogP contribution in [0.3, 0.4) is 0 Å². The van der Waals surface area contributed by atoms with E-state index in [-0.39, 0.29) is 16.4 Å². The lowest BCUT2D eigenvalue weighted by Crippen LogP contribution is -2.15. The van der Waals surface area contributed by atoms with Gasteiger partial charge in [-0.05, 0) is 18.2 Å². The topological polar surface area (TPSA) is 86.5 Å². The summed E-state index contributed by atoms with van der Waals surface area (Å²) in [7, 11) is 3.05. The maximum atomic E-state index is 12.2. The van der Waals surface area contributed by atoms with Gasteiger partial charge in [-0.25, -0.2) is 4.98 Å². The Labute approximate surface area is 126 Å². The van der Waals surface area contributed by atoms with Gasteiger partial charge in [0.1, 0.15) is 16.7 Å². The number of methoxy groups -OCH3 is 2. The Morgan fingerprint density at radius 2 is 2.05 bits per heavy atom. The quantitative estimate of drug-likeness (QED) is 0.848. The van der Waals surface area contributed by atoms with Gasteiger partial charge in [0.2, 0.25) is 0 Å². The van der Waals surface area contributed by atoms with Crippen molar-refractivity contribution in [2.45, 2.75) is 0 Å². The molecule has 0 aliphatic rings. The second-order valence-electron chi connectivity index (χ2n) is 4.11. The molecule has 1 amide bonds. The number of nitrogens with one attached hydrogen (secondary N) is 1. The van der Waals surface area contributed by atoms with Gasteiger partial charge in [0.05, 0.1) is 37.4 Å². The molecule has 1 aromatic heterocycles. The lowest BCUT2D eigenvalue weighted by molar-refractivity contribution is 0.102. The van der Waals surface area contributed by atoms with Crippen molar-refractivity contribution >= 4 is 28.9 Å². The zero-order valence-corrected chi connectivity index (χ0v) is 12.3. The van der Waals surface area contributed by atoms with Crippen molar-refractivity contribution in [1.29, 1.82) is 0 Å². The molecule has 0 aliphatic heterocycles. The molecule has 0 aliphatic carbocycles. The van der Waals surface area contributed by atoms with Crippen molar-refractivity contribution < 1.29 is 14.3 Å². The van der Waals surface area contributed by atoms with E-state index in [1.54, 1.807) is 25.3 Å². The van der Waals surface area contributed by atoms with Gasteiger partial charge in [0.25, 0.3) is 5.91 Å². The molecule has 6 nitrogen and oxygen atoms in total. The van der Waals surface area contributed by atoms with E-state index in [4.69, 9.17) is 26.8 Å². The van der Waals surface area contributed by atoms with Crippen LogP contribution in [0.4, 0.5) is 11.4 Å². The van der Waals surface area contributed by atoms with E-state index in [1.807, 2.05) is 0 Å². The number of hydrogen-bond acceptors (Lipinski definition) is 5. The summed E-state index contributed by atoms with van der Waals surface area (Å²) in [6.45, 7) is 0. The van der Waals surface area contributed by atoms with Crippen LogP contribution in [0.25, 0.3) is 0 Å². The van der Waals surface area contributed by atoms with E-state index in [0.29, 0.717) is 17.2 Å². The van der Waals surface area contributed by atoms with E-state index in [9.17, 15) is 4.79 Å². The standard InChI is InChI=1S/C14H14ClN3O3/c1-20-8-3-4-11(12(5-8)21-2)18-14(19)9-6-13(15)17-7-10(9)16/h3-7H,16H2,1-2H3,(H,18,19). The molecule has 0 fully saturated rings. The van der Waals surface area contributed by atoms with Crippen molar-refractivity contribution in [3.8, 4) is 11.5 Å². The van der Waals surface area contributed by atoms with Crippen LogP contribution >= 0.6 is 11.6 Å². The third kappa shape index (κ3) is 3.35. The highest BCUT2D eigenvalue weighted by atomic mass is 35.5. The predicted molar refractivity (Wildman–Crippen MR) is 81.2 cm³/mol. The third-order valence-corrected chi connectivity index (χ3v) is 3.01. The van der Waals surface area contributed by atoms with Gasteiger partial charge in [-0.15, -0.1) is 0 Å². The first-order valence-electron chi connectivity index (χ1n) is 5.99. The van der Waals surface area contributed by atoms with Crippen molar-refractivity contribution in [2.75, 3.05) is 25.3 Å². The van der Waals surface area contributed by atoms with Crippen LogP contribution in [0.2, 0.25) is 5.15 Å². The number of carbonyl (C=O) groups excluding carboxylic acids is 1. The summed E-state index contributed by atoms with van der Waals surface area (Å²) >= 11 is 5.77. The van der Waals surface area contributed by atoms with Gasteiger partial charge in [-0.3, -0.25) is 4.79 Å². The number of nitrogen functional groups attached to an aromatic ring is 1. The lowest BCUT2D eigenvalue weighted by atomic mass is 10.2. The predicted octanol–water partition coefficient (Wildman–Crippen LogP) is 2.59. The summed E-state index contributed by atoms with van der Waals surface area (Å²) in [5.41, 5.74) is 6.71. The van der Waals surface area contributed by atoms with Crippen LogP contribution in [0.5, 0.6) is 11.5 Å². The molecule has 0 bridgehead atoms. The summed E-state index contributed by atoms with van der Waals surface area (Å²) < 4.78 is 10.3. The first-order valence-corrected chi connectivity index (χ1v) is 6.37. The average Bonchev–Trinajstić information content (AvgIpc) is 2.49. The van der Waals surface area contributed by atoms with Crippen LogP contribution in [-0.2, 0) is 0 Å². The van der Waals surface area contributed by atoms with Crippen LogP contribution in [-0.4, -0.2) is 25.1 Å². The number of rotatable bonds is 4. The van der Waals surface area contributed by atoms with Crippen LogP contribution in [0, 0.1) is 0 Å². The highest BCUT2D eigenvalue weighted by Crippen LogP contribution is 2.29. The van der Waals surface area contributed by atoms with Crippen LogP contribution in [0.15, 0.2) is 30.5 Å².